The van der Waals surface area contributed by atoms with Crippen LogP contribution >= 0.6 is 11.6 Å². The highest BCUT2D eigenvalue weighted by molar-refractivity contribution is 6.31. The molecular formula is C15H19ClFN3. The zero-order chi connectivity index (χ0) is 14.5. The number of aromatic nitrogens is 2. The minimum atomic E-state index is -0.213. The van der Waals surface area contributed by atoms with Gasteiger partial charge < -0.3 is 5.32 Å². The molecule has 2 aromatic rings. The molecule has 1 aromatic carbocycles. The normalized spacial score (nSPS) is 11.0. The number of hydrogen-bond acceptors (Lipinski definition) is 2. The summed E-state index contributed by atoms with van der Waals surface area (Å²) in [5.41, 5.74) is 2.55. The zero-order valence-electron chi connectivity index (χ0n) is 11.8. The first-order valence-corrected chi connectivity index (χ1v) is 7.15. The van der Waals surface area contributed by atoms with Crippen molar-refractivity contribution in [1.82, 2.24) is 15.1 Å². The molecule has 0 unspecified atom stereocenters. The van der Waals surface area contributed by atoms with Crippen LogP contribution in [0.4, 0.5) is 4.39 Å². The molecule has 3 nitrogen and oxygen atoms in total. The Kier molecular flexibility index (Phi) is 5.15. The number of nitrogens with one attached hydrogen (secondary N) is 1. The van der Waals surface area contributed by atoms with E-state index in [-0.39, 0.29) is 5.82 Å². The Bertz CT molecular complexity index is 580. The summed E-state index contributed by atoms with van der Waals surface area (Å²) in [4.78, 5) is 0. The molecule has 20 heavy (non-hydrogen) atoms. The summed E-state index contributed by atoms with van der Waals surface area (Å²) in [7, 11) is 0. The van der Waals surface area contributed by atoms with Gasteiger partial charge >= 0.3 is 0 Å². The predicted octanol–water partition coefficient (Wildman–Crippen LogP) is 3.53. The second-order valence-corrected chi connectivity index (χ2v) is 5.25. The maximum Gasteiger partial charge on any atom is 0.128 e. The Morgan fingerprint density at radius 3 is 2.85 bits per heavy atom. The summed E-state index contributed by atoms with van der Waals surface area (Å²) in [5.74, 6) is -0.213. The van der Waals surface area contributed by atoms with Gasteiger partial charge in [0.15, 0.2) is 0 Å². The molecule has 1 N–H and O–H groups in total. The quantitative estimate of drug-likeness (QED) is 0.826. The summed E-state index contributed by atoms with van der Waals surface area (Å²) >= 11 is 5.96. The third-order valence-corrected chi connectivity index (χ3v) is 3.60. The lowest BCUT2D eigenvalue weighted by atomic mass is 10.1. The van der Waals surface area contributed by atoms with Crippen LogP contribution in [0.15, 0.2) is 24.4 Å². The van der Waals surface area contributed by atoms with Crippen molar-refractivity contribution in [3.63, 3.8) is 0 Å². The topological polar surface area (TPSA) is 29.9 Å². The molecule has 0 radical (unpaired) electrons. The molecule has 0 bridgehead atoms. The molecule has 0 aliphatic heterocycles. The molecule has 5 heteroatoms. The van der Waals surface area contributed by atoms with Crippen molar-refractivity contribution in [2.75, 3.05) is 6.54 Å². The summed E-state index contributed by atoms with van der Waals surface area (Å²) in [6.45, 7) is 6.10. The number of hydrogen-bond donors (Lipinski definition) is 1. The fraction of sp³-hybridized carbons (Fsp3) is 0.400. The van der Waals surface area contributed by atoms with Crippen LogP contribution in [0.1, 0.15) is 30.2 Å². The molecular weight excluding hydrogens is 277 g/mol. The Labute approximate surface area is 123 Å². The van der Waals surface area contributed by atoms with E-state index in [1.54, 1.807) is 10.9 Å². The van der Waals surface area contributed by atoms with Crippen LogP contribution < -0.4 is 5.32 Å². The number of rotatable bonds is 6. The molecule has 2 rings (SSSR count). The second kappa shape index (κ2) is 6.86. The highest BCUT2D eigenvalue weighted by Crippen LogP contribution is 2.17. The Balaban J connectivity index is 2.14. The van der Waals surface area contributed by atoms with E-state index < -0.39 is 0 Å². The van der Waals surface area contributed by atoms with Crippen LogP contribution in [0.2, 0.25) is 5.02 Å². The average Bonchev–Trinajstić information content (AvgIpc) is 2.74. The first-order chi connectivity index (χ1) is 9.61. The lowest BCUT2D eigenvalue weighted by Gasteiger charge is -2.09. The van der Waals surface area contributed by atoms with Crippen molar-refractivity contribution >= 4 is 11.6 Å². The van der Waals surface area contributed by atoms with Crippen LogP contribution in [0.5, 0.6) is 0 Å². The molecule has 0 saturated heterocycles. The molecule has 108 valence electrons. The fourth-order valence-corrected chi connectivity index (χ4v) is 2.15. The monoisotopic (exact) mass is 295 g/mol. The van der Waals surface area contributed by atoms with Crippen LogP contribution in [0.3, 0.4) is 0 Å². The van der Waals surface area contributed by atoms with Gasteiger partial charge in [-0.15, -0.1) is 0 Å². The summed E-state index contributed by atoms with van der Waals surface area (Å²) in [6.07, 6.45) is 2.67. The molecule has 0 aliphatic rings. The predicted molar refractivity (Wildman–Crippen MR) is 79.5 cm³/mol. The van der Waals surface area contributed by atoms with Crippen LogP contribution in [0.25, 0.3) is 0 Å². The molecule has 0 aliphatic carbocycles. The van der Waals surface area contributed by atoms with E-state index in [1.807, 2.05) is 19.1 Å². The van der Waals surface area contributed by atoms with Crippen LogP contribution in [-0.2, 0) is 13.1 Å². The van der Waals surface area contributed by atoms with Gasteiger partial charge in [-0.3, -0.25) is 4.68 Å². The van der Waals surface area contributed by atoms with Crippen LogP contribution in [0, 0.1) is 12.7 Å². The van der Waals surface area contributed by atoms with Crippen molar-refractivity contribution < 1.29 is 4.39 Å². The van der Waals surface area contributed by atoms with E-state index in [0.717, 1.165) is 30.8 Å². The number of nitrogens with zero attached hydrogens (tertiary/aromatic N) is 2. The Morgan fingerprint density at radius 2 is 2.20 bits per heavy atom. The molecule has 0 saturated carbocycles. The van der Waals surface area contributed by atoms with Gasteiger partial charge in [-0.05, 0) is 37.6 Å². The van der Waals surface area contributed by atoms with E-state index >= 15 is 0 Å². The Morgan fingerprint density at radius 1 is 1.40 bits per heavy atom. The Hall–Kier alpha value is -1.39. The van der Waals surface area contributed by atoms with E-state index in [4.69, 9.17) is 11.6 Å². The highest BCUT2D eigenvalue weighted by atomic mass is 35.5. The van der Waals surface area contributed by atoms with Crippen molar-refractivity contribution in [3.8, 4) is 0 Å². The molecule has 0 fully saturated rings. The van der Waals surface area contributed by atoms with Gasteiger partial charge in [0, 0.05) is 12.1 Å². The fourth-order valence-electron chi connectivity index (χ4n) is 2.01. The minimum Gasteiger partial charge on any atom is -0.313 e. The van der Waals surface area contributed by atoms with Crippen molar-refractivity contribution in [2.45, 2.75) is 33.4 Å². The van der Waals surface area contributed by atoms with E-state index in [0.29, 0.717) is 17.1 Å². The van der Waals surface area contributed by atoms with Crippen molar-refractivity contribution in [1.29, 1.82) is 0 Å². The summed E-state index contributed by atoms with van der Waals surface area (Å²) < 4.78 is 15.6. The van der Waals surface area contributed by atoms with Gasteiger partial charge in [0.1, 0.15) is 5.82 Å². The van der Waals surface area contributed by atoms with Gasteiger partial charge in [0.25, 0.3) is 0 Å². The number of benzene rings is 1. The second-order valence-electron chi connectivity index (χ2n) is 4.84. The lowest BCUT2D eigenvalue weighted by molar-refractivity contribution is 0.577. The van der Waals surface area contributed by atoms with Gasteiger partial charge in [0.2, 0.25) is 0 Å². The van der Waals surface area contributed by atoms with Gasteiger partial charge in [-0.1, -0.05) is 24.6 Å². The maximum atomic E-state index is 13.9. The minimum absolute atomic E-state index is 0.213. The van der Waals surface area contributed by atoms with Crippen molar-refractivity contribution in [3.05, 3.63) is 52.1 Å². The van der Waals surface area contributed by atoms with Crippen LogP contribution in [-0.4, -0.2) is 16.3 Å². The third-order valence-electron chi connectivity index (χ3n) is 3.23. The number of halogens is 2. The summed E-state index contributed by atoms with van der Waals surface area (Å²) in [6, 6.07) is 5.20. The van der Waals surface area contributed by atoms with Gasteiger partial charge in [0.05, 0.1) is 23.5 Å². The SMILES string of the molecule is CCCNCc1ccc(F)c(Cn2ncc(Cl)c2C)c1. The average molecular weight is 296 g/mol. The molecule has 1 aromatic heterocycles. The lowest BCUT2D eigenvalue weighted by Crippen LogP contribution is -2.14. The first kappa shape index (κ1) is 15.0. The molecule has 0 amide bonds. The smallest absolute Gasteiger partial charge is 0.128 e. The maximum absolute atomic E-state index is 13.9. The standard InChI is InChI=1S/C15H19ClFN3/c1-3-6-18-8-12-4-5-15(17)13(7-12)10-20-11(2)14(16)9-19-20/h4-5,7,9,18H,3,6,8,10H2,1-2H3. The van der Waals surface area contributed by atoms with Crippen molar-refractivity contribution in [2.24, 2.45) is 0 Å². The van der Waals surface area contributed by atoms with E-state index in [2.05, 4.69) is 17.3 Å². The molecule has 0 spiro atoms. The largest absolute Gasteiger partial charge is 0.313 e. The van der Waals surface area contributed by atoms with E-state index in [9.17, 15) is 4.39 Å². The van der Waals surface area contributed by atoms with Gasteiger partial charge in [-0.2, -0.15) is 5.10 Å². The zero-order valence-corrected chi connectivity index (χ0v) is 12.5. The molecule has 0 atom stereocenters. The summed E-state index contributed by atoms with van der Waals surface area (Å²) in [5, 5.41) is 8.07. The van der Waals surface area contributed by atoms with Gasteiger partial charge in [-0.25, -0.2) is 4.39 Å². The highest BCUT2D eigenvalue weighted by Gasteiger charge is 2.09. The van der Waals surface area contributed by atoms with E-state index in [1.165, 1.54) is 6.07 Å². The third kappa shape index (κ3) is 3.58. The molecule has 1 heterocycles. The first-order valence-electron chi connectivity index (χ1n) is 6.77.